The van der Waals surface area contributed by atoms with E-state index < -0.39 is 22.0 Å². The average molecular weight is 302 g/mol. The van der Waals surface area contributed by atoms with Crippen LogP contribution in [0, 0.1) is 5.92 Å². The third-order valence-corrected chi connectivity index (χ3v) is 5.40. The summed E-state index contributed by atoms with van der Waals surface area (Å²) in [6.45, 7) is 0.357. The van der Waals surface area contributed by atoms with Gasteiger partial charge in [0, 0.05) is 33.1 Å². The molecule has 0 aliphatic carbocycles. The number of sulfonamides is 1. The second-order valence-electron chi connectivity index (χ2n) is 5.11. The van der Waals surface area contributed by atoms with Gasteiger partial charge < -0.3 is 14.4 Å². The first-order chi connectivity index (χ1) is 9.31. The predicted octanol–water partition coefficient (Wildman–Crippen LogP) is -0.396. The van der Waals surface area contributed by atoms with E-state index in [0.29, 0.717) is 5.56 Å². The van der Waals surface area contributed by atoms with E-state index >= 15 is 0 Å². The van der Waals surface area contributed by atoms with Gasteiger partial charge in [0.15, 0.2) is 0 Å². The Bertz CT molecular complexity index is 567. The Hall–Kier alpha value is -1.38. The Morgan fingerprint density at radius 1 is 1.50 bits per heavy atom. The lowest BCUT2D eigenvalue weighted by Crippen LogP contribution is -2.33. The van der Waals surface area contributed by atoms with E-state index in [0.717, 1.165) is 4.31 Å². The van der Waals surface area contributed by atoms with Gasteiger partial charge >= 0.3 is 0 Å². The molecule has 1 saturated heterocycles. The molecule has 1 aliphatic heterocycles. The highest BCUT2D eigenvalue weighted by molar-refractivity contribution is 7.89. The fourth-order valence-corrected chi connectivity index (χ4v) is 3.34. The molecule has 0 unspecified atom stereocenters. The van der Waals surface area contributed by atoms with Crippen molar-refractivity contribution < 1.29 is 22.7 Å². The first kappa shape index (κ1) is 15.0. The van der Waals surface area contributed by atoms with Crippen LogP contribution in [0.15, 0.2) is 23.0 Å². The third kappa shape index (κ3) is 3.02. The summed E-state index contributed by atoms with van der Waals surface area (Å²) in [4.78, 5) is 13.5. The number of β-amino-alcohol motifs (C(OH)–C–C–N with tert-alkyl or cyclic N) is 1. The molecule has 7 nitrogen and oxygen atoms in total. The van der Waals surface area contributed by atoms with E-state index in [1.54, 1.807) is 6.07 Å². The molecule has 1 N–H and O–H groups in total. The van der Waals surface area contributed by atoms with Crippen LogP contribution in [0.1, 0.15) is 10.4 Å². The van der Waals surface area contributed by atoms with Crippen molar-refractivity contribution in [3.8, 4) is 0 Å². The molecule has 2 heterocycles. The molecular formula is C12H18N2O5S. The fraction of sp³-hybridized carbons (Fsp3) is 0.583. The van der Waals surface area contributed by atoms with Crippen LogP contribution in [-0.2, 0) is 10.0 Å². The Kier molecular flexibility index (Phi) is 4.17. The van der Waals surface area contributed by atoms with E-state index in [4.69, 9.17) is 4.42 Å². The molecule has 1 fully saturated rings. The number of carbonyl (C=O) groups is 1. The number of aliphatic hydroxyl groups is 1. The lowest BCUT2D eigenvalue weighted by molar-refractivity contribution is 0.0764. The standard InChI is InChI=1S/C12H18N2O5S/c1-13(2)20(17,18)8-10-5-14(6-11(10)15)12(16)9-3-4-19-7-9/h3-4,7,10-11,15H,5-6,8H2,1-2H3/t10-,11+/m0/s1. The highest BCUT2D eigenvalue weighted by Crippen LogP contribution is 2.21. The van der Waals surface area contributed by atoms with Gasteiger partial charge in [0.25, 0.3) is 5.91 Å². The Morgan fingerprint density at radius 3 is 2.75 bits per heavy atom. The first-order valence-electron chi connectivity index (χ1n) is 6.21. The summed E-state index contributed by atoms with van der Waals surface area (Å²) in [7, 11) is -0.502. The van der Waals surface area contributed by atoms with Gasteiger partial charge in [0.2, 0.25) is 10.0 Å². The van der Waals surface area contributed by atoms with Gasteiger partial charge in [-0.1, -0.05) is 0 Å². The van der Waals surface area contributed by atoms with Crippen molar-refractivity contribution in [1.29, 1.82) is 0 Å². The van der Waals surface area contributed by atoms with Crippen molar-refractivity contribution in [2.75, 3.05) is 32.9 Å². The average Bonchev–Trinajstić information content (AvgIpc) is 2.98. The number of rotatable bonds is 4. The van der Waals surface area contributed by atoms with Crippen LogP contribution in [0.2, 0.25) is 0 Å². The van der Waals surface area contributed by atoms with Crippen molar-refractivity contribution in [2.24, 2.45) is 5.92 Å². The van der Waals surface area contributed by atoms with Crippen LogP contribution in [-0.4, -0.2) is 67.7 Å². The van der Waals surface area contributed by atoms with Gasteiger partial charge in [-0.3, -0.25) is 4.79 Å². The predicted molar refractivity (Wildman–Crippen MR) is 71.6 cm³/mol. The van der Waals surface area contributed by atoms with Gasteiger partial charge in [0.05, 0.1) is 23.7 Å². The van der Waals surface area contributed by atoms with Crippen LogP contribution in [0.3, 0.4) is 0 Å². The molecule has 1 aromatic rings. The van der Waals surface area contributed by atoms with Crippen molar-refractivity contribution >= 4 is 15.9 Å². The van der Waals surface area contributed by atoms with Crippen molar-refractivity contribution in [2.45, 2.75) is 6.10 Å². The van der Waals surface area contributed by atoms with E-state index in [1.165, 1.54) is 31.5 Å². The molecule has 0 radical (unpaired) electrons. The number of nitrogens with zero attached hydrogens (tertiary/aromatic N) is 2. The molecule has 0 aromatic carbocycles. The number of hydrogen-bond donors (Lipinski definition) is 1. The molecule has 2 atom stereocenters. The Morgan fingerprint density at radius 2 is 2.20 bits per heavy atom. The molecule has 1 aromatic heterocycles. The zero-order valence-corrected chi connectivity index (χ0v) is 12.2. The largest absolute Gasteiger partial charge is 0.472 e. The third-order valence-electron chi connectivity index (χ3n) is 3.44. The SMILES string of the molecule is CN(C)S(=O)(=O)C[C@@H]1CN(C(=O)c2ccoc2)C[C@H]1O. The van der Waals surface area contributed by atoms with Crippen molar-refractivity contribution in [1.82, 2.24) is 9.21 Å². The van der Waals surface area contributed by atoms with Crippen LogP contribution >= 0.6 is 0 Å². The molecule has 8 heteroatoms. The number of likely N-dealkylation sites (tertiary alicyclic amines) is 1. The summed E-state index contributed by atoms with van der Waals surface area (Å²) in [5.74, 6) is -0.906. The Balaban J connectivity index is 2.04. The van der Waals surface area contributed by atoms with Gasteiger partial charge in [-0.2, -0.15) is 0 Å². The van der Waals surface area contributed by atoms with Gasteiger partial charge in [0.1, 0.15) is 6.26 Å². The van der Waals surface area contributed by atoms with Crippen LogP contribution in [0.4, 0.5) is 0 Å². The molecule has 0 saturated carbocycles. The van der Waals surface area contributed by atoms with Gasteiger partial charge in [-0.05, 0) is 6.07 Å². The monoisotopic (exact) mass is 302 g/mol. The molecule has 20 heavy (non-hydrogen) atoms. The Labute approximate surface area is 117 Å². The first-order valence-corrected chi connectivity index (χ1v) is 7.82. The maximum atomic E-state index is 12.1. The number of aliphatic hydroxyl groups excluding tert-OH is 1. The fourth-order valence-electron chi connectivity index (χ4n) is 2.17. The molecule has 0 spiro atoms. The second kappa shape index (κ2) is 5.55. The quantitative estimate of drug-likeness (QED) is 0.817. The summed E-state index contributed by atoms with van der Waals surface area (Å²) in [6.07, 6.45) is 1.90. The lowest BCUT2D eigenvalue weighted by atomic mass is 10.1. The van der Waals surface area contributed by atoms with Crippen molar-refractivity contribution in [3.05, 3.63) is 24.2 Å². The molecule has 0 bridgehead atoms. The smallest absolute Gasteiger partial charge is 0.257 e. The summed E-state index contributed by atoms with van der Waals surface area (Å²) < 4.78 is 29.6. The zero-order valence-electron chi connectivity index (χ0n) is 11.4. The van der Waals surface area contributed by atoms with Gasteiger partial charge in [-0.25, -0.2) is 12.7 Å². The summed E-state index contributed by atoms with van der Waals surface area (Å²) in [6, 6.07) is 1.54. The maximum Gasteiger partial charge on any atom is 0.257 e. The normalized spacial score (nSPS) is 23.5. The highest BCUT2D eigenvalue weighted by Gasteiger charge is 2.37. The van der Waals surface area contributed by atoms with E-state index in [2.05, 4.69) is 0 Å². The van der Waals surface area contributed by atoms with Crippen molar-refractivity contribution in [3.63, 3.8) is 0 Å². The second-order valence-corrected chi connectivity index (χ2v) is 7.34. The molecule has 2 rings (SSSR count). The summed E-state index contributed by atoms with van der Waals surface area (Å²) in [5.41, 5.74) is 0.397. The zero-order chi connectivity index (χ0) is 14.9. The topological polar surface area (TPSA) is 91.1 Å². The summed E-state index contributed by atoms with van der Waals surface area (Å²) >= 11 is 0. The van der Waals surface area contributed by atoms with E-state index in [-0.39, 0.29) is 24.7 Å². The summed E-state index contributed by atoms with van der Waals surface area (Å²) in [5, 5.41) is 9.95. The number of hydrogen-bond acceptors (Lipinski definition) is 5. The van der Waals surface area contributed by atoms with Gasteiger partial charge in [-0.15, -0.1) is 0 Å². The molecule has 112 valence electrons. The van der Waals surface area contributed by atoms with E-state index in [9.17, 15) is 18.3 Å². The minimum Gasteiger partial charge on any atom is -0.472 e. The number of furan rings is 1. The molecule has 1 aliphatic rings. The number of amides is 1. The van der Waals surface area contributed by atoms with Crippen LogP contribution in [0.25, 0.3) is 0 Å². The van der Waals surface area contributed by atoms with Crippen LogP contribution in [0.5, 0.6) is 0 Å². The molecule has 1 amide bonds. The minimum absolute atomic E-state index is 0.137. The van der Waals surface area contributed by atoms with E-state index in [1.807, 2.05) is 0 Å². The van der Waals surface area contributed by atoms with Crippen LogP contribution < -0.4 is 0 Å². The highest BCUT2D eigenvalue weighted by atomic mass is 32.2. The minimum atomic E-state index is -3.40. The number of carbonyl (C=O) groups excluding carboxylic acids is 1. The lowest BCUT2D eigenvalue weighted by Gasteiger charge is -2.17. The maximum absolute atomic E-state index is 12.1. The molecular weight excluding hydrogens is 284 g/mol.